The maximum Gasteiger partial charge on any atom is 0.438 e. The van der Waals surface area contributed by atoms with Gasteiger partial charge >= 0.3 is 6.18 Å². The van der Waals surface area contributed by atoms with Crippen molar-refractivity contribution in [2.24, 2.45) is 0 Å². The summed E-state index contributed by atoms with van der Waals surface area (Å²) < 4.78 is 61.8. The average molecular weight is 825 g/mol. The van der Waals surface area contributed by atoms with E-state index in [0.29, 0.717) is 72.8 Å². The quantitative estimate of drug-likeness (QED) is 0.160. The molecule has 0 radical (unpaired) electrons. The van der Waals surface area contributed by atoms with Crippen LogP contribution in [0.4, 0.5) is 13.2 Å². The van der Waals surface area contributed by atoms with Crippen LogP contribution in [0, 0.1) is 11.3 Å². The van der Waals surface area contributed by atoms with Gasteiger partial charge in [-0.15, -0.1) is 0 Å². The van der Waals surface area contributed by atoms with Gasteiger partial charge in [-0.25, -0.2) is 4.98 Å². The van der Waals surface area contributed by atoms with E-state index in [1.165, 1.54) is 7.11 Å². The van der Waals surface area contributed by atoms with E-state index in [0.717, 1.165) is 64.6 Å². The number of nitriles is 1. The van der Waals surface area contributed by atoms with Gasteiger partial charge in [-0.2, -0.15) is 23.4 Å². The predicted molar refractivity (Wildman–Crippen MR) is 211 cm³/mol. The highest BCUT2D eigenvalue weighted by atomic mass is 35.5. The van der Waals surface area contributed by atoms with E-state index in [1.807, 2.05) is 47.4 Å². The third kappa shape index (κ3) is 6.50. The Morgan fingerprint density at radius 3 is 2.53 bits per heavy atom. The van der Waals surface area contributed by atoms with Crippen molar-refractivity contribution in [2.45, 2.75) is 81.5 Å². The van der Waals surface area contributed by atoms with Gasteiger partial charge in [-0.3, -0.25) is 14.6 Å². The summed E-state index contributed by atoms with van der Waals surface area (Å²) in [6.45, 7) is 2.52. The second-order valence-corrected chi connectivity index (χ2v) is 16.8. The van der Waals surface area contributed by atoms with E-state index in [1.54, 1.807) is 0 Å². The molecule has 11 nitrogen and oxygen atoms in total. The first-order valence-corrected chi connectivity index (χ1v) is 20.3. The third-order valence-electron chi connectivity index (χ3n) is 12.8. The highest BCUT2D eigenvalue weighted by Crippen LogP contribution is 2.48. The number of furan rings is 1. The van der Waals surface area contributed by atoms with Crippen molar-refractivity contribution >= 4 is 28.5 Å². The molecule has 3 saturated heterocycles. The molecular formula is C44H40ClF3N6O5. The lowest BCUT2D eigenvalue weighted by molar-refractivity contribution is -0.143. The van der Waals surface area contributed by atoms with Crippen LogP contribution in [0.2, 0.25) is 5.02 Å². The van der Waals surface area contributed by atoms with Gasteiger partial charge in [0.15, 0.2) is 5.58 Å². The van der Waals surface area contributed by atoms with Crippen LogP contribution < -0.4 is 14.8 Å². The summed E-state index contributed by atoms with van der Waals surface area (Å²) in [4.78, 5) is 24.3. The molecule has 5 aliphatic rings. The van der Waals surface area contributed by atoms with Crippen LogP contribution in [-0.2, 0) is 30.4 Å². The fourth-order valence-corrected chi connectivity index (χ4v) is 10.4. The fourth-order valence-electron chi connectivity index (χ4n) is 10.1. The van der Waals surface area contributed by atoms with Crippen molar-refractivity contribution in [3.05, 3.63) is 92.8 Å². The summed E-state index contributed by atoms with van der Waals surface area (Å²) >= 11 is 7.22. The number of rotatable bonds is 8. The highest BCUT2D eigenvalue weighted by molar-refractivity contribution is 6.36. The van der Waals surface area contributed by atoms with Gasteiger partial charge in [-0.05, 0) is 84.5 Å². The van der Waals surface area contributed by atoms with Gasteiger partial charge in [0, 0.05) is 61.7 Å². The SMILES string of the molecule is COc1nc(O[C@H]2CCc3c(-c4cccc(-c5cc6cc7c(c(C#N)c6o5)CC[C@H]7N5CC[C@@H](O)C5)c4Cl)cccc32)c(C(F)(F)F)nc1CN1CC2(CCC(=O)N2)C1. The Balaban J connectivity index is 0.937. The lowest BCUT2D eigenvalue weighted by Crippen LogP contribution is -2.66. The van der Waals surface area contributed by atoms with Gasteiger partial charge in [0.25, 0.3) is 0 Å². The summed E-state index contributed by atoms with van der Waals surface area (Å²) in [7, 11) is 1.34. The fraction of sp³-hybridized carbons (Fsp3) is 0.409. The van der Waals surface area contributed by atoms with E-state index in [4.69, 9.17) is 25.5 Å². The van der Waals surface area contributed by atoms with Crippen LogP contribution in [0.3, 0.4) is 0 Å². The molecule has 3 aromatic carbocycles. The first-order valence-electron chi connectivity index (χ1n) is 20.0. The number of alkyl halides is 3. The number of hydrogen-bond donors (Lipinski definition) is 2. The number of aliphatic hydroxyl groups is 1. The van der Waals surface area contributed by atoms with Crippen LogP contribution in [0.25, 0.3) is 33.4 Å². The molecule has 3 aliphatic heterocycles. The van der Waals surface area contributed by atoms with E-state index in [9.17, 15) is 28.3 Å². The summed E-state index contributed by atoms with van der Waals surface area (Å²) in [6.07, 6.45) is -1.50. The number of aliphatic hydroxyl groups excluding tert-OH is 1. The number of hydrogen-bond acceptors (Lipinski definition) is 10. The van der Waals surface area contributed by atoms with Gasteiger partial charge in [0.2, 0.25) is 23.4 Å². The topological polar surface area (TPSA) is 137 Å². The summed E-state index contributed by atoms with van der Waals surface area (Å²) in [5.74, 6) is -0.204. The maximum atomic E-state index is 14.6. The van der Waals surface area contributed by atoms with E-state index >= 15 is 0 Å². The zero-order valence-electron chi connectivity index (χ0n) is 32.2. The van der Waals surface area contributed by atoms with Crippen LogP contribution in [0.1, 0.15) is 83.5 Å². The molecule has 10 rings (SSSR count). The highest BCUT2D eigenvalue weighted by Gasteiger charge is 2.48. The normalized spacial score (nSPS) is 22.4. The Kier molecular flexibility index (Phi) is 9.17. The number of nitrogens with zero attached hydrogens (tertiary/aromatic N) is 5. The molecule has 5 aromatic rings. The van der Waals surface area contributed by atoms with Crippen LogP contribution in [-0.4, -0.2) is 75.7 Å². The molecule has 0 unspecified atom stereocenters. The minimum absolute atomic E-state index is 0.0176. The van der Waals surface area contributed by atoms with Gasteiger partial charge in [0.1, 0.15) is 23.6 Å². The molecule has 5 heterocycles. The largest absolute Gasteiger partial charge is 0.480 e. The minimum Gasteiger partial charge on any atom is -0.480 e. The molecule has 1 amide bonds. The Bertz CT molecular complexity index is 2580. The predicted octanol–water partition coefficient (Wildman–Crippen LogP) is 7.69. The van der Waals surface area contributed by atoms with E-state index < -0.39 is 23.9 Å². The molecule has 1 spiro atoms. The van der Waals surface area contributed by atoms with Gasteiger partial charge in [0.05, 0.1) is 29.3 Å². The van der Waals surface area contributed by atoms with Crippen molar-refractivity contribution in [1.82, 2.24) is 25.1 Å². The zero-order chi connectivity index (χ0) is 40.8. The Morgan fingerprint density at radius 2 is 1.80 bits per heavy atom. The Hall–Kier alpha value is -5.20. The van der Waals surface area contributed by atoms with Gasteiger partial charge < -0.3 is 24.3 Å². The number of ether oxygens (including phenoxy) is 2. The number of carbonyl (C=O) groups is 1. The number of methoxy groups -OCH3 is 1. The monoisotopic (exact) mass is 824 g/mol. The van der Waals surface area contributed by atoms with Crippen molar-refractivity contribution in [3.63, 3.8) is 0 Å². The molecule has 3 fully saturated rings. The van der Waals surface area contributed by atoms with Crippen LogP contribution in [0.5, 0.6) is 11.8 Å². The van der Waals surface area contributed by atoms with E-state index in [-0.39, 0.29) is 41.7 Å². The Morgan fingerprint density at radius 1 is 1.02 bits per heavy atom. The van der Waals surface area contributed by atoms with Crippen molar-refractivity contribution < 1.29 is 37.0 Å². The number of benzene rings is 3. The molecule has 3 atom stereocenters. The molecule has 2 aliphatic carbocycles. The second kappa shape index (κ2) is 14.2. The smallest absolute Gasteiger partial charge is 0.438 e. The molecule has 0 saturated carbocycles. The van der Waals surface area contributed by atoms with Crippen LogP contribution in [0.15, 0.2) is 52.9 Å². The Labute approximate surface area is 342 Å². The summed E-state index contributed by atoms with van der Waals surface area (Å²) in [6, 6.07) is 17.8. The number of aromatic nitrogens is 2. The lowest BCUT2D eigenvalue weighted by atomic mass is 9.88. The summed E-state index contributed by atoms with van der Waals surface area (Å²) in [5, 5.41) is 24.8. The number of fused-ring (bicyclic) bond motifs is 3. The molecule has 2 N–H and O–H groups in total. The lowest BCUT2D eigenvalue weighted by Gasteiger charge is -2.47. The summed E-state index contributed by atoms with van der Waals surface area (Å²) in [5.41, 5.74) is 5.45. The first-order chi connectivity index (χ1) is 28.4. The number of β-amino-alcohol motifs (C(OH)–C–C–N with tert-alkyl or cyclic N) is 1. The average Bonchev–Trinajstić information content (AvgIpc) is 4.05. The number of nitrogens with one attached hydrogen (secondary N) is 1. The maximum absolute atomic E-state index is 14.6. The first kappa shape index (κ1) is 38.0. The number of amides is 1. The zero-order valence-corrected chi connectivity index (χ0v) is 32.9. The third-order valence-corrected chi connectivity index (χ3v) is 13.2. The van der Waals surface area contributed by atoms with Crippen molar-refractivity contribution in [2.75, 3.05) is 33.3 Å². The molecule has 2 aromatic heterocycles. The van der Waals surface area contributed by atoms with Crippen LogP contribution >= 0.6 is 11.6 Å². The minimum atomic E-state index is -4.85. The van der Waals surface area contributed by atoms with Crippen molar-refractivity contribution in [1.29, 1.82) is 5.26 Å². The number of halogens is 4. The molecule has 15 heteroatoms. The number of carbonyl (C=O) groups excluding carboxylic acids is 1. The molecule has 59 heavy (non-hydrogen) atoms. The van der Waals surface area contributed by atoms with Gasteiger partial charge in [-0.1, -0.05) is 41.9 Å². The standard InChI is InChI=1S/C44H40ClF3N6O5/c1-57-41-33(20-53-21-43(22-53)14-12-37(56)52-43)50-40(44(46,47)48)42(51-41)59-35-11-9-26-25(4-2-5-28(26)35)29-6-3-7-30(38(29)45)36-17-23-16-31-27(32(18-49)39(23)58-36)8-10-34(31)54-15-13-24(55)19-54/h2-7,16-17,24,34-35,55H,8-15,19-22H2,1H3,(H,52,56)/t24-,34-,35+/m1/s1. The molecule has 304 valence electrons. The second-order valence-electron chi connectivity index (χ2n) is 16.4. The van der Waals surface area contributed by atoms with Crippen molar-refractivity contribution in [3.8, 4) is 40.3 Å². The number of likely N-dealkylation sites (tertiary alicyclic amines) is 2. The molecule has 0 bridgehead atoms. The van der Waals surface area contributed by atoms with E-state index in [2.05, 4.69) is 32.3 Å². The molecular weight excluding hydrogens is 785 g/mol.